The lowest BCUT2D eigenvalue weighted by atomic mass is 10.2. The predicted molar refractivity (Wildman–Crippen MR) is 117 cm³/mol. The molecule has 0 aliphatic heterocycles. The third-order valence-corrected chi connectivity index (χ3v) is 10.0. The summed E-state index contributed by atoms with van der Waals surface area (Å²) in [4.78, 5) is 0. The van der Waals surface area contributed by atoms with Crippen molar-refractivity contribution in [1.82, 2.24) is 0 Å². The number of methoxy groups -OCH3 is 1. The lowest BCUT2D eigenvalue weighted by Crippen LogP contribution is -2.68. The van der Waals surface area contributed by atoms with E-state index in [0.717, 1.165) is 5.56 Å². The van der Waals surface area contributed by atoms with Crippen molar-refractivity contribution in [1.29, 1.82) is 0 Å². The van der Waals surface area contributed by atoms with Gasteiger partial charge in [-0.2, -0.15) is 0 Å². The molecule has 28 heavy (non-hydrogen) atoms. The lowest BCUT2D eigenvalue weighted by Gasteiger charge is -2.43. The van der Waals surface area contributed by atoms with Crippen LogP contribution in [0.25, 0.3) is 0 Å². The number of aliphatic hydroxyl groups is 1. The standard InChI is InChI=1S/C24H28O3Si/c1-24(2,3)28(20-11-7-5-8-12-20,21-13-9-6-10-14-21)27-23-17-19(18-25)15-16-22(23)26-4/h5-17,25H,18H2,1-4H3. The summed E-state index contributed by atoms with van der Waals surface area (Å²) < 4.78 is 12.6. The minimum absolute atomic E-state index is 0.0406. The van der Waals surface area contributed by atoms with Crippen LogP contribution in [0.5, 0.6) is 11.5 Å². The van der Waals surface area contributed by atoms with Crippen molar-refractivity contribution in [2.45, 2.75) is 32.4 Å². The topological polar surface area (TPSA) is 38.7 Å². The van der Waals surface area contributed by atoms with Crippen molar-refractivity contribution >= 4 is 18.7 Å². The molecule has 3 aromatic rings. The molecular formula is C24H28O3Si. The second-order valence-corrected chi connectivity index (χ2v) is 12.1. The number of ether oxygens (including phenoxy) is 1. The van der Waals surface area contributed by atoms with Crippen LogP contribution in [0.4, 0.5) is 0 Å². The number of hydrogen-bond acceptors (Lipinski definition) is 3. The second kappa shape index (κ2) is 8.21. The Balaban J connectivity index is 2.28. The Morgan fingerprint density at radius 2 is 1.32 bits per heavy atom. The summed E-state index contributed by atoms with van der Waals surface area (Å²) in [5.74, 6) is 1.34. The molecule has 0 saturated heterocycles. The third kappa shape index (κ3) is 3.70. The van der Waals surface area contributed by atoms with E-state index in [0.29, 0.717) is 11.5 Å². The molecule has 0 amide bonds. The molecule has 0 spiro atoms. The zero-order valence-corrected chi connectivity index (χ0v) is 18.0. The van der Waals surface area contributed by atoms with E-state index in [9.17, 15) is 5.11 Å². The summed E-state index contributed by atoms with van der Waals surface area (Å²) in [6.07, 6.45) is 0. The highest BCUT2D eigenvalue weighted by Crippen LogP contribution is 2.40. The molecular weight excluding hydrogens is 364 g/mol. The first-order valence-corrected chi connectivity index (χ1v) is 11.4. The van der Waals surface area contributed by atoms with Crippen molar-refractivity contribution < 1.29 is 14.3 Å². The zero-order valence-electron chi connectivity index (χ0n) is 17.0. The lowest BCUT2D eigenvalue weighted by molar-refractivity contribution is 0.281. The fourth-order valence-electron chi connectivity index (χ4n) is 3.71. The van der Waals surface area contributed by atoms with Gasteiger partial charge in [-0.3, -0.25) is 0 Å². The summed E-state index contributed by atoms with van der Waals surface area (Å²) in [7, 11) is -1.09. The first-order chi connectivity index (χ1) is 13.4. The van der Waals surface area contributed by atoms with Crippen molar-refractivity contribution in [3.8, 4) is 11.5 Å². The van der Waals surface area contributed by atoms with Crippen LogP contribution < -0.4 is 19.5 Å². The monoisotopic (exact) mass is 392 g/mol. The van der Waals surface area contributed by atoms with Gasteiger partial charge in [0.25, 0.3) is 0 Å². The fourth-order valence-corrected chi connectivity index (χ4v) is 8.13. The Morgan fingerprint density at radius 1 is 0.786 bits per heavy atom. The maximum absolute atomic E-state index is 9.63. The van der Waals surface area contributed by atoms with Gasteiger partial charge < -0.3 is 14.3 Å². The SMILES string of the molecule is COc1ccc(CO)cc1O[Si](c1ccccc1)(c1ccccc1)C(C)(C)C. The zero-order chi connectivity index (χ0) is 20.2. The van der Waals surface area contributed by atoms with Gasteiger partial charge in [0.2, 0.25) is 0 Å². The minimum Gasteiger partial charge on any atom is -0.531 e. The Bertz CT molecular complexity index is 863. The Hall–Kier alpha value is -2.56. The van der Waals surface area contributed by atoms with Crippen LogP contribution in [0.15, 0.2) is 78.9 Å². The Labute approximate surface area is 168 Å². The number of hydrogen-bond donors (Lipinski definition) is 1. The van der Waals surface area contributed by atoms with Gasteiger partial charge >= 0.3 is 8.32 Å². The third-order valence-electron chi connectivity index (χ3n) is 5.09. The number of rotatable bonds is 6. The first kappa shape index (κ1) is 20.2. The van der Waals surface area contributed by atoms with E-state index in [2.05, 4.69) is 69.3 Å². The van der Waals surface area contributed by atoms with Gasteiger partial charge in [0.15, 0.2) is 5.75 Å². The summed E-state index contributed by atoms with van der Waals surface area (Å²) in [6.45, 7) is 6.67. The molecule has 0 heterocycles. The van der Waals surface area contributed by atoms with Crippen LogP contribution in [0.2, 0.25) is 5.04 Å². The van der Waals surface area contributed by atoms with E-state index in [1.54, 1.807) is 7.11 Å². The summed E-state index contributed by atoms with van der Waals surface area (Å²) >= 11 is 0. The molecule has 0 saturated carbocycles. The summed E-state index contributed by atoms with van der Waals surface area (Å²) in [5.41, 5.74) is 0.800. The van der Waals surface area contributed by atoms with Gasteiger partial charge in [-0.05, 0) is 33.1 Å². The molecule has 4 heteroatoms. The van der Waals surface area contributed by atoms with Crippen LogP contribution in [0, 0.1) is 0 Å². The molecule has 0 atom stereocenters. The van der Waals surface area contributed by atoms with Gasteiger partial charge in [-0.1, -0.05) is 87.5 Å². The summed E-state index contributed by atoms with van der Waals surface area (Å²) in [6, 6.07) is 26.6. The van der Waals surface area contributed by atoms with E-state index >= 15 is 0 Å². The highest BCUT2D eigenvalue weighted by Gasteiger charge is 2.52. The van der Waals surface area contributed by atoms with E-state index < -0.39 is 8.32 Å². The molecule has 0 aliphatic carbocycles. The number of benzene rings is 3. The van der Waals surface area contributed by atoms with Crippen LogP contribution in [-0.2, 0) is 6.61 Å². The molecule has 1 N–H and O–H groups in total. The van der Waals surface area contributed by atoms with E-state index in [4.69, 9.17) is 9.16 Å². The average Bonchev–Trinajstić information content (AvgIpc) is 2.72. The molecule has 146 valence electrons. The maximum Gasteiger partial charge on any atom is 0.320 e. The van der Waals surface area contributed by atoms with Crippen LogP contribution in [0.3, 0.4) is 0 Å². The first-order valence-electron chi connectivity index (χ1n) is 9.50. The minimum atomic E-state index is -2.74. The van der Waals surface area contributed by atoms with Crippen LogP contribution in [0.1, 0.15) is 26.3 Å². The quantitative estimate of drug-likeness (QED) is 0.641. The Morgan fingerprint density at radius 3 is 1.75 bits per heavy atom. The van der Waals surface area contributed by atoms with Gasteiger partial charge in [0.1, 0.15) is 5.75 Å². The van der Waals surface area contributed by atoms with Gasteiger partial charge in [-0.15, -0.1) is 0 Å². The van der Waals surface area contributed by atoms with E-state index in [1.807, 2.05) is 30.3 Å². The molecule has 3 rings (SSSR count). The normalized spacial score (nSPS) is 11.9. The molecule has 0 radical (unpaired) electrons. The smallest absolute Gasteiger partial charge is 0.320 e. The van der Waals surface area contributed by atoms with Crippen LogP contribution >= 0.6 is 0 Å². The molecule has 0 aromatic heterocycles. The van der Waals surface area contributed by atoms with Crippen LogP contribution in [-0.4, -0.2) is 20.5 Å². The predicted octanol–water partition coefficient (Wildman–Crippen LogP) is 4.13. The van der Waals surface area contributed by atoms with Crippen molar-refractivity contribution in [2.24, 2.45) is 0 Å². The van der Waals surface area contributed by atoms with Crippen molar-refractivity contribution in [3.05, 3.63) is 84.4 Å². The number of aliphatic hydroxyl groups excluding tert-OH is 1. The molecule has 0 bridgehead atoms. The van der Waals surface area contributed by atoms with Crippen molar-refractivity contribution in [3.63, 3.8) is 0 Å². The molecule has 0 unspecified atom stereocenters. The Kier molecular flexibility index (Phi) is 5.92. The van der Waals surface area contributed by atoms with Gasteiger partial charge in [-0.25, -0.2) is 0 Å². The molecule has 3 nitrogen and oxygen atoms in total. The second-order valence-electron chi connectivity index (χ2n) is 7.91. The largest absolute Gasteiger partial charge is 0.531 e. The molecule has 0 aliphatic rings. The highest BCUT2D eigenvalue weighted by molar-refractivity contribution is 7.00. The van der Waals surface area contributed by atoms with Gasteiger partial charge in [0.05, 0.1) is 13.7 Å². The van der Waals surface area contributed by atoms with E-state index in [1.165, 1.54) is 10.4 Å². The highest BCUT2D eigenvalue weighted by atomic mass is 28.4. The molecule has 0 fully saturated rings. The maximum atomic E-state index is 9.63. The fraction of sp³-hybridized carbons (Fsp3) is 0.250. The van der Waals surface area contributed by atoms with Gasteiger partial charge in [0, 0.05) is 0 Å². The van der Waals surface area contributed by atoms with Crippen molar-refractivity contribution in [2.75, 3.05) is 7.11 Å². The van der Waals surface area contributed by atoms with E-state index in [-0.39, 0.29) is 11.6 Å². The summed E-state index contributed by atoms with van der Waals surface area (Å²) in [5, 5.41) is 11.9. The molecule has 3 aromatic carbocycles. The average molecular weight is 393 g/mol.